The van der Waals surface area contributed by atoms with Crippen LogP contribution in [-0.4, -0.2) is 24.6 Å². The molecule has 0 saturated heterocycles. The number of nitrogens with one attached hydrogen (secondary N) is 1. The number of carbonyl (C=O) groups is 1. The van der Waals surface area contributed by atoms with Crippen molar-refractivity contribution in [1.29, 1.82) is 0 Å². The summed E-state index contributed by atoms with van der Waals surface area (Å²) >= 11 is 0. The van der Waals surface area contributed by atoms with Crippen LogP contribution in [0.1, 0.15) is 12.8 Å². The molecule has 0 aromatic heterocycles. The molecule has 1 fully saturated rings. The van der Waals surface area contributed by atoms with Crippen molar-refractivity contribution in [2.24, 2.45) is 5.73 Å². The number of para-hydroxylation sites is 1. The molecular weight excluding hydrogens is 242 g/mol. The molecule has 1 aliphatic rings. The Morgan fingerprint density at radius 2 is 2.06 bits per heavy atom. The minimum Gasteiger partial charge on any atom is -0.485 e. The van der Waals surface area contributed by atoms with Crippen LogP contribution in [0.15, 0.2) is 18.2 Å². The van der Waals surface area contributed by atoms with Gasteiger partial charge in [-0.3, -0.25) is 4.79 Å². The molecule has 1 unspecified atom stereocenters. The van der Waals surface area contributed by atoms with E-state index in [-0.39, 0.29) is 12.6 Å². The lowest BCUT2D eigenvalue weighted by Gasteiger charge is -2.16. The molecule has 1 saturated carbocycles. The molecule has 6 heteroatoms. The Bertz CT molecular complexity index is 429. The first kappa shape index (κ1) is 12.8. The predicted octanol–water partition coefficient (Wildman–Crippen LogP) is 0.949. The van der Waals surface area contributed by atoms with E-state index in [1.54, 1.807) is 0 Å². The van der Waals surface area contributed by atoms with Gasteiger partial charge in [0.25, 0.3) is 0 Å². The molecule has 1 aromatic rings. The van der Waals surface area contributed by atoms with Crippen LogP contribution < -0.4 is 15.8 Å². The summed E-state index contributed by atoms with van der Waals surface area (Å²) in [4.78, 5) is 11.1. The third-order valence-electron chi connectivity index (χ3n) is 2.67. The topological polar surface area (TPSA) is 64.4 Å². The number of nitrogens with two attached hydrogens (primary N) is 1. The molecule has 3 N–H and O–H groups in total. The van der Waals surface area contributed by atoms with Crippen LogP contribution in [0.5, 0.6) is 5.75 Å². The number of carbonyl (C=O) groups excluding carboxylic acids is 1. The number of benzene rings is 1. The molecule has 18 heavy (non-hydrogen) atoms. The van der Waals surface area contributed by atoms with Crippen molar-refractivity contribution >= 4 is 5.91 Å². The highest BCUT2D eigenvalue weighted by molar-refractivity contribution is 5.80. The average Bonchev–Trinajstić information content (AvgIpc) is 3.10. The summed E-state index contributed by atoms with van der Waals surface area (Å²) < 4.78 is 31.6. The second kappa shape index (κ2) is 5.30. The second-order valence-electron chi connectivity index (χ2n) is 4.26. The van der Waals surface area contributed by atoms with Gasteiger partial charge in [0.2, 0.25) is 5.91 Å². The summed E-state index contributed by atoms with van der Waals surface area (Å²) in [6.07, 6.45) is 1.94. The monoisotopic (exact) mass is 256 g/mol. The zero-order chi connectivity index (χ0) is 13.1. The van der Waals surface area contributed by atoms with Crippen LogP contribution in [0.2, 0.25) is 0 Å². The van der Waals surface area contributed by atoms with Crippen molar-refractivity contribution in [2.75, 3.05) is 6.61 Å². The van der Waals surface area contributed by atoms with E-state index in [4.69, 9.17) is 10.5 Å². The lowest BCUT2D eigenvalue weighted by atomic mass is 10.3. The van der Waals surface area contributed by atoms with Gasteiger partial charge in [0, 0.05) is 6.04 Å². The summed E-state index contributed by atoms with van der Waals surface area (Å²) in [6, 6.07) is 2.93. The van der Waals surface area contributed by atoms with Crippen molar-refractivity contribution in [3.63, 3.8) is 0 Å². The molecule has 2 rings (SSSR count). The van der Waals surface area contributed by atoms with Gasteiger partial charge in [-0.25, -0.2) is 8.78 Å². The zero-order valence-electron chi connectivity index (χ0n) is 9.66. The van der Waals surface area contributed by atoms with Crippen molar-refractivity contribution in [2.45, 2.75) is 24.9 Å². The zero-order valence-corrected chi connectivity index (χ0v) is 9.66. The van der Waals surface area contributed by atoms with Crippen LogP contribution in [0.4, 0.5) is 8.78 Å². The van der Waals surface area contributed by atoms with E-state index in [9.17, 15) is 13.6 Å². The lowest BCUT2D eigenvalue weighted by molar-refractivity contribution is -0.120. The molecule has 0 heterocycles. The smallest absolute Gasteiger partial charge is 0.238 e. The third kappa shape index (κ3) is 3.16. The number of primary amides is 1. The number of rotatable bonds is 6. The SMILES string of the molecule is NC(=O)C(COc1c(F)cccc1F)NC1CC1. The number of hydrogen-bond donors (Lipinski definition) is 2. The molecule has 98 valence electrons. The highest BCUT2D eigenvalue weighted by atomic mass is 19.1. The summed E-state index contributed by atoms with van der Waals surface area (Å²) in [7, 11) is 0. The molecule has 1 aliphatic carbocycles. The van der Waals surface area contributed by atoms with Crippen LogP contribution in [0.3, 0.4) is 0 Å². The Kier molecular flexibility index (Phi) is 3.76. The molecule has 0 aliphatic heterocycles. The fourth-order valence-electron chi connectivity index (χ4n) is 1.53. The van der Waals surface area contributed by atoms with Gasteiger partial charge in [-0.2, -0.15) is 0 Å². The Morgan fingerprint density at radius 1 is 1.44 bits per heavy atom. The lowest BCUT2D eigenvalue weighted by Crippen LogP contribution is -2.46. The van der Waals surface area contributed by atoms with Crippen molar-refractivity contribution in [3.05, 3.63) is 29.8 Å². The number of ether oxygens (including phenoxy) is 1. The first-order valence-corrected chi connectivity index (χ1v) is 5.70. The van der Waals surface area contributed by atoms with Gasteiger partial charge in [-0.05, 0) is 25.0 Å². The van der Waals surface area contributed by atoms with Crippen molar-refractivity contribution < 1.29 is 18.3 Å². The number of amides is 1. The molecule has 1 aromatic carbocycles. The Balaban J connectivity index is 1.97. The maximum Gasteiger partial charge on any atom is 0.238 e. The molecule has 4 nitrogen and oxygen atoms in total. The average molecular weight is 256 g/mol. The minimum atomic E-state index is -0.801. The number of hydrogen-bond acceptors (Lipinski definition) is 3. The normalized spacial score (nSPS) is 16.3. The van der Waals surface area contributed by atoms with Crippen LogP contribution in [0.25, 0.3) is 0 Å². The Labute approximate surface area is 103 Å². The quantitative estimate of drug-likeness (QED) is 0.796. The van der Waals surface area contributed by atoms with E-state index in [0.29, 0.717) is 0 Å². The number of halogens is 2. The van der Waals surface area contributed by atoms with E-state index in [2.05, 4.69) is 5.32 Å². The van der Waals surface area contributed by atoms with Crippen LogP contribution in [0, 0.1) is 11.6 Å². The molecule has 1 amide bonds. The fraction of sp³-hybridized carbons (Fsp3) is 0.417. The summed E-state index contributed by atoms with van der Waals surface area (Å²) in [5, 5.41) is 2.96. The van der Waals surface area contributed by atoms with Gasteiger partial charge in [0.05, 0.1) is 0 Å². The van der Waals surface area contributed by atoms with E-state index < -0.39 is 29.3 Å². The van der Waals surface area contributed by atoms with Crippen molar-refractivity contribution in [3.8, 4) is 5.75 Å². The molecule has 0 radical (unpaired) electrons. The van der Waals surface area contributed by atoms with Crippen LogP contribution in [-0.2, 0) is 4.79 Å². The summed E-state index contributed by atoms with van der Waals surface area (Å²) in [5.41, 5.74) is 5.18. The van der Waals surface area contributed by atoms with Gasteiger partial charge in [-0.15, -0.1) is 0 Å². The van der Waals surface area contributed by atoms with Gasteiger partial charge >= 0.3 is 0 Å². The largest absolute Gasteiger partial charge is 0.485 e. The predicted molar refractivity (Wildman–Crippen MR) is 61.0 cm³/mol. The van der Waals surface area contributed by atoms with Gasteiger partial charge in [-0.1, -0.05) is 6.07 Å². The van der Waals surface area contributed by atoms with Gasteiger partial charge < -0.3 is 15.8 Å². The van der Waals surface area contributed by atoms with Crippen molar-refractivity contribution in [1.82, 2.24) is 5.32 Å². The maximum absolute atomic E-state index is 13.3. The van der Waals surface area contributed by atoms with E-state index in [0.717, 1.165) is 25.0 Å². The fourth-order valence-corrected chi connectivity index (χ4v) is 1.53. The van der Waals surface area contributed by atoms with E-state index >= 15 is 0 Å². The maximum atomic E-state index is 13.3. The highest BCUT2D eigenvalue weighted by Gasteiger charge is 2.28. The first-order valence-electron chi connectivity index (χ1n) is 5.70. The molecular formula is C12H14F2N2O2. The first-order chi connectivity index (χ1) is 8.58. The standard InChI is InChI=1S/C12H14F2N2O2/c13-8-2-1-3-9(14)11(8)18-6-10(12(15)17)16-7-4-5-7/h1-3,7,10,16H,4-6H2,(H2,15,17). The molecule has 0 bridgehead atoms. The molecule has 1 atom stereocenters. The third-order valence-corrected chi connectivity index (χ3v) is 2.67. The van der Waals surface area contributed by atoms with Crippen LogP contribution >= 0.6 is 0 Å². The minimum absolute atomic E-state index is 0.191. The summed E-state index contributed by atoms with van der Waals surface area (Å²) in [6.45, 7) is -0.191. The summed E-state index contributed by atoms with van der Waals surface area (Å²) in [5.74, 6) is -2.69. The van der Waals surface area contributed by atoms with Gasteiger partial charge in [0.1, 0.15) is 12.6 Å². The Hall–Kier alpha value is -1.69. The van der Waals surface area contributed by atoms with Gasteiger partial charge in [0.15, 0.2) is 17.4 Å². The Morgan fingerprint density at radius 3 is 2.56 bits per heavy atom. The second-order valence-corrected chi connectivity index (χ2v) is 4.26. The molecule has 0 spiro atoms. The highest BCUT2D eigenvalue weighted by Crippen LogP contribution is 2.22. The van der Waals surface area contributed by atoms with E-state index in [1.807, 2.05) is 0 Å². The van der Waals surface area contributed by atoms with E-state index in [1.165, 1.54) is 6.07 Å².